The van der Waals surface area contributed by atoms with Crippen LogP contribution in [0, 0.1) is 5.92 Å². The molecule has 0 aliphatic carbocycles. The quantitative estimate of drug-likeness (QED) is 0.319. The summed E-state index contributed by atoms with van der Waals surface area (Å²) in [5, 5.41) is 18.4. The zero-order valence-electron chi connectivity index (χ0n) is 10.4. The van der Waals surface area contributed by atoms with Gasteiger partial charge in [-0.15, -0.1) is 0 Å². The largest absolute Gasteiger partial charge is 0.504 e. The van der Waals surface area contributed by atoms with Crippen LogP contribution in [0.25, 0.3) is 6.08 Å². The number of nitrogens with two attached hydrogens (primary N) is 2. The number of phenolic OH excluding ortho intramolecular Hbond substituents is 2. The van der Waals surface area contributed by atoms with Crippen molar-refractivity contribution in [2.75, 3.05) is 0 Å². The number of aromatic hydroxyl groups is 2. The Kier molecular flexibility index (Phi) is 4.85. The van der Waals surface area contributed by atoms with Crippen LogP contribution >= 0.6 is 0 Å². The summed E-state index contributed by atoms with van der Waals surface area (Å²) in [6, 6.07) is 3.92. The molecule has 0 aliphatic heterocycles. The lowest BCUT2D eigenvalue weighted by atomic mass is 9.98. The molecule has 0 fully saturated rings. The number of hydrogen-bond acceptors (Lipinski definition) is 5. The Hall–Kier alpha value is -2.83. The molecular formula is C13H14N2O5. The van der Waals surface area contributed by atoms with Gasteiger partial charge in [-0.1, -0.05) is 12.1 Å². The van der Waals surface area contributed by atoms with Gasteiger partial charge in [0.05, 0.1) is 0 Å². The summed E-state index contributed by atoms with van der Waals surface area (Å²) in [5.74, 6) is -4.36. The third kappa shape index (κ3) is 4.13. The van der Waals surface area contributed by atoms with Crippen LogP contribution in [-0.2, 0) is 14.4 Å². The average molecular weight is 278 g/mol. The monoisotopic (exact) mass is 278 g/mol. The lowest BCUT2D eigenvalue weighted by Gasteiger charge is -2.06. The fraction of sp³-hybridized carbons (Fsp3) is 0.154. The van der Waals surface area contributed by atoms with E-state index in [9.17, 15) is 19.5 Å². The van der Waals surface area contributed by atoms with Crippen molar-refractivity contribution in [1.29, 1.82) is 0 Å². The highest BCUT2D eigenvalue weighted by molar-refractivity contribution is 6.09. The van der Waals surface area contributed by atoms with Gasteiger partial charge in [0.1, 0.15) is 5.92 Å². The van der Waals surface area contributed by atoms with Crippen molar-refractivity contribution < 1.29 is 24.6 Å². The smallest absolute Gasteiger partial charge is 0.228 e. The summed E-state index contributed by atoms with van der Waals surface area (Å²) >= 11 is 0. The fourth-order valence-corrected chi connectivity index (χ4v) is 1.48. The SMILES string of the molecule is NC(=O)CC(C(N)=O)C(=O)C=Cc1ccc(O)c(O)c1. The average Bonchev–Trinajstić information content (AvgIpc) is 2.36. The minimum absolute atomic E-state index is 0.294. The molecule has 0 heterocycles. The molecule has 106 valence electrons. The molecule has 20 heavy (non-hydrogen) atoms. The van der Waals surface area contributed by atoms with Gasteiger partial charge in [0, 0.05) is 6.42 Å². The van der Waals surface area contributed by atoms with E-state index in [0.717, 1.165) is 6.08 Å². The highest BCUT2D eigenvalue weighted by atomic mass is 16.3. The molecule has 1 atom stereocenters. The molecule has 2 amide bonds. The topological polar surface area (TPSA) is 144 Å². The van der Waals surface area contributed by atoms with Crippen LogP contribution in [0.5, 0.6) is 11.5 Å². The molecule has 1 rings (SSSR count). The summed E-state index contributed by atoms with van der Waals surface area (Å²) in [4.78, 5) is 33.6. The Labute approximate surface area is 114 Å². The number of phenols is 2. The van der Waals surface area contributed by atoms with Crippen molar-refractivity contribution in [3.63, 3.8) is 0 Å². The number of benzene rings is 1. The minimum Gasteiger partial charge on any atom is -0.504 e. The number of rotatable bonds is 6. The van der Waals surface area contributed by atoms with Gasteiger partial charge in [0.15, 0.2) is 17.3 Å². The molecule has 0 saturated heterocycles. The van der Waals surface area contributed by atoms with Crippen LogP contribution in [-0.4, -0.2) is 27.8 Å². The zero-order valence-corrected chi connectivity index (χ0v) is 10.4. The third-order valence-corrected chi connectivity index (χ3v) is 2.53. The summed E-state index contributed by atoms with van der Waals surface area (Å²) < 4.78 is 0. The summed E-state index contributed by atoms with van der Waals surface area (Å²) in [5.41, 5.74) is 10.4. The Morgan fingerprint density at radius 1 is 1.15 bits per heavy atom. The highest BCUT2D eigenvalue weighted by Crippen LogP contribution is 2.25. The molecule has 0 radical (unpaired) electrons. The molecule has 1 aromatic rings. The van der Waals surface area contributed by atoms with E-state index in [1.54, 1.807) is 0 Å². The summed E-state index contributed by atoms with van der Waals surface area (Å²) in [7, 11) is 0. The lowest BCUT2D eigenvalue weighted by molar-refractivity contribution is -0.133. The van der Waals surface area contributed by atoms with Crippen LogP contribution in [0.15, 0.2) is 24.3 Å². The Morgan fingerprint density at radius 2 is 1.80 bits per heavy atom. The van der Waals surface area contributed by atoms with E-state index in [-0.39, 0.29) is 11.5 Å². The predicted molar refractivity (Wildman–Crippen MR) is 70.3 cm³/mol. The first-order valence-corrected chi connectivity index (χ1v) is 5.62. The van der Waals surface area contributed by atoms with E-state index in [2.05, 4.69) is 0 Å². The fourth-order valence-electron chi connectivity index (χ4n) is 1.48. The first-order valence-electron chi connectivity index (χ1n) is 5.62. The lowest BCUT2D eigenvalue weighted by Crippen LogP contribution is -2.33. The van der Waals surface area contributed by atoms with Crippen LogP contribution in [0.2, 0.25) is 0 Å². The molecule has 6 N–H and O–H groups in total. The maximum atomic E-state index is 11.7. The van der Waals surface area contributed by atoms with E-state index in [1.807, 2.05) is 0 Å². The van der Waals surface area contributed by atoms with Crippen LogP contribution in [0.3, 0.4) is 0 Å². The first kappa shape index (κ1) is 15.2. The van der Waals surface area contributed by atoms with Crippen molar-refractivity contribution in [2.45, 2.75) is 6.42 Å². The van der Waals surface area contributed by atoms with Gasteiger partial charge in [-0.3, -0.25) is 14.4 Å². The van der Waals surface area contributed by atoms with E-state index in [4.69, 9.17) is 16.6 Å². The van der Waals surface area contributed by atoms with Gasteiger partial charge in [0.2, 0.25) is 11.8 Å². The molecule has 1 aromatic carbocycles. The maximum Gasteiger partial charge on any atom is 0.228 e. The maximum absolute atomic E-state index is 11.7. The van der Waals surface area contributed by atoms with Gasteiger partial charge in [-0.2, -0.15) is 0 Å². The number of primary amides is 2. The summed E-state index contributed by atoms with van der Waals surface area (Å²) in [6.45, 7) is 0. The summed E-state index contributed by atoms with van der Waals surface area (Å²) in [6.07, 6.45) is 1.92. The number of carbonyl (C=O) groups excluding carboxylic acids is 3. The molecule has 1 unspecified atom stereocenters. The Bertz CT molecular complexity index is 580. The van der Waals surface area contributed by atoms with Gasteiger partial charge in [-0.25, -0.2) is 0 Å². The standard InChI is InChI=1S/C13H14N2O5/c14-12(19)6-8(13(15)20)9(16)3-1-7-2-4-10(17)11(18)5-7/h1-5,8,17-18H,6H2,(H2,14,19)(H2,15,20). The van der Waals surface area contributed by atoms with Gasteiger partial charge >= 0.3 is 0 Å². The normalized spacial score (nSPS) is 12.2. The molecule has 7 heteroatoms. The number of ketones is 1. The van der Waals surface area contributed by atoms with Crippen molar-refractivity contribution in [1.82, 2.24) is 0 Å². The molecular weight excluding hydrogens is 264 g/mol. The number of hydrogen-bond donors (Lipinski definition) is 4. The zero-order chi connectivity index (χ0) is 15.3. The molecule has 7 nitrogen and oxygen atoms in total. The predicted octanol–water partition coefficient (Wildman–Crippen LogP) is -0.343. The number of allylic oxidation sites excluding steroid dienone is 1. The second-order valence-corrected chi connectivity index (χ2v) is 4.11. The van der Waals surface area contributed by atoms with Crippen LogP contribution in [0.4, 0.5) is 0 Å². The molecule has 0 spiro atoms. The van der Waals surface area contributed by atoms with E-state index < -0.39 is 29.9 Å². The Balaban J connectivity index is 2.86. The van der Waals surface area contributed by atoms with Gasteiger partial charge in [0.25, 0.3) is 0 Å². The second-order valence-electron chi connectivity index (χ2n) is 4.11. The molecule has 0 aromatic heterocycles. The second kappa shape index (κ2) is 6.37. The Morgan fingerprint density at radius 3 is 2.30 bits per heavy atom. The van der Waals surface area contributed by atoms with Gasteiger partial charge < -0.3 is 21.7 Å². The first-order chi connectivity index (χ1) is 9.31. The number of amides is 2. The number of carbonyl (C=O) groups is 3. The van der Waals surface area contributed by atoms with Gasteiger partial charge in [-0.05, 0) is 23.8 Å². The molecule has 0 saturated carbocycles. The van der Waals surface area contributed by atoms with E-state index in [0.29, 0.717) is 5.56 Å². The van der Waals surface area contributed by atoms with Crippen molar-refractivity contribution in [3.8, 4) is 11.5 Å². The third-order valence-electron chi connectivity index (χ3n) is 2.53. The van der Waals surface area contributed by atoms with E-state index in [1.165, 1.54) is 24.3 Å². The molecule has 0 aliphatic rings. The van der Waals surface area contributed by atoms with Crippen molar-refractivity contribution in [3.05, 3.63) is 29.8 Å². The molecule has 0 bridgehead atoms. The van der Waals surface area contributed by atoms with E-state index >= 15 is 0 Å². The minimum atomic E-state index is -1.31. The van der Waals surface area contributed by atoms with Crippen LogP contribution in [0.1, 0.15) is 12.0 Å². The van der Waals surface area contributed by atoms with Crippen molar-refractivity contribution in [2.24, 2.45) is 17.4 Å². The highest BCUT2D eigenvalue weighted by Gasteiger charge is 2.24. The van der Waals surface area contributed by atoms with Crippen LogP contribution < -0.4 is 11.5 Å². The van der Waals surface area contributed by atoms with Crippen molar-refractivity contribution >= 4 is 23.7 Å².